The van der Waals surface area contributed by atoms with Crippen molar-refractivity contribution in [2.24, 2.45) is 4.99 Å². The molecule has 15 heavy (non-hydrogen) atoms. The van der Waals surface area contributed by atoms with Crippen LogP contribution in [0.15, 0.2) is 53.1 Å². The van der Waals surface area contributed by atoms with Gasteiger partial charge < -0.3 is 5.11 Å². The highest BCUT2D eigenvalue weighted by molar-refractivity contribution is 5.80. The van der Waals surface area contributed by atoms with E-state index in [0.29, 0.717) is 0 Å². The molecule has 0 saturated heterocycles. The molecule has 0 aromatic heterocycles. The normalized spacial score (nSPS) is 13.9. The average Bonchev–Trinajstić information content (AvgIpc) is 2.17. The van der Waals surface area contributed by atoms with Crippen LogP contribution in [0.5, 0.6) is 0 Å². The van der Waals surface area contributed by atoms with E-state index in [2.05, 4.69) is 4.99 Å². The summed E-state index contributed by atoms with van der Waals surface area (Å²) in [4.78, 5) is 14.0. The number of allylic oxidation sites excluding steroid dienone is 7. The van der Waals surface area contributed by atoms with Gasteiger partial charge >= 0.3 is 5.97 Å². The van der Waals surface area contributed by atoms with Gasteiger partial charge in [0.1, 0.15) is 0 Å². The van der Waals surface area contributed by atoms with E-state index in [1.807, 2.05) is 25.2 Å². The molecule has 0 aromatic rings. The van der Waals surface area contributed by atoms with Gasteiger partial charge in [-0.3, -0.25) is 4.99 Å². The number of rotatable bonds is 5. The average molecular weight is 205 g/mol. The van der Waals surface area contributed by atoms with E-state index in [9.17, 15) is 4.79 Å². The minimum absolute atomic E-state index is 0.912. The second-order valence-corrected chi connectivity index (χ2v) is 2.63. The Hall–Kier alpha value is -1.90. The summed E-state index contributed by atoms with van der Waals surface area (Å²) in [5.74, 6) is -0.954. The van der Waals surface area contributed by atoms with Gasteiger partial charge in [-0.15, -0.1) is 0 Å². The zero-order valence-electron chi connectivity index (χ0n) is 8.92. The van der Waals surface area contributed by atoms with E-state index >= 15 is 0 Å². The molecule has 0 aliphatic rings. The standard InChI is InChI=1S/C12H15NO2/c1-3-6-11(8-5-10-13-2)7-4-9-12(14)15/h3-10H,1-2H3,(H,14,15). The molecular formula is C12H15NO2. The van der Waals surface area contributed by atoms with Crippen molar-refractivity contribution in [1.29, 1.82) is 0 Å². The van der Waals surface area contributed by atoms with Crippen molar-refractivity contribution >= 4 is 12.2 Å². The molecule has 0 radical (unpaired) electrons. The maximum Gasteiger partial charge on any atom is 0.328 e. The Morgan fingerprint density at radius 1 is 1.20 bits per heavy atom. The first kappa shape index (κ1) is 13.1. The molecule has 80 valence electrons. The molecular weight excluding hydrogens is 190 g/mol. The summed E-state index contributed by atoms with van der Waals surface area (Å²) in [5.41, 5.74) is 0.912. The van der Waals surface area contributed by atoms with Gasteiger partial charge in [-0.2, -0.15) is 0 Å². The van der Waals surface area contributed by atoms with Crippen LogP contribution < -0.4 is 0 Å². The lowest BCUT2D eigenvalue weighted by atomic mass is 10.2. The minimum Gasteiger partial charge on any atom is -0.478 e. The number of aliphatic imine (C=N–C) groups is 1. The summed E-state index contributed by atoms with van der Waals surface area (Å²) in [6.45, 7) is 1.90. The molecule has 0 amide bonds. The van der Waals surface area contributed by atoms with Crippen molar-refractivity contribution in [2.45, 2.75) is 6.92 Å². The molecule has 3 heteroatoms. The monoisotopic (exact) mass is 205 g/mol. The number of carboxylic acid groups (broad SMARTS) is 1. The first-order valence-electron chi connectivity index (χ1n) is 4.53. The molecule has 0 saturated carbocycles. The zero-order valence-corrected chi connectivity index (χ0v) is 8.92. The number of hydrogen-bond acceptors (Lipinski definition) is 2. The second kappa shape index (κ2) is 8.69. The Morgan fingerprint density at radius 2 is 1.93 bits per heavy atom. The first-order valence-corrected chi connectivity index (χ1v) is 4.53. The van der Waals surface area contributed by atoms with Crippen LogP contribution in [0.4, 0.5) is 0 Å². The summed E-state index contributed by atoms with van der Waals surface area (Å²) in [5, 5.41) is 8.40. The smallest absolute Gasteiger partial charge is 0.328 e. The van der Waals surface area contributed by atoms with Crippen LogP contribution in [0.3, 0.4) is 0 Å². The van der Waals surface area contributed by atoms with E-state index in [0.717, 1.165) is 11.6 Å². The number of nitrogens with zero attached hydrogens (tertiary/aromatic N) is 1. The largest absolute Gasteiger partial charge is 0.478 e. The van der Waals surface area contributed by atoms with Crippen LogP contribution in [0.1, 0.15) is 6.92 Å². The molecule has 0 spiro atoms. The van der Waals surface area contributed by atoms with Crippen LogP contribution >= 0.6 is 0 Å². The SMILES string of the molecule is CC=CC(C=CC=NC)=CC=CC(=O)O. The highest BCUT2D eigenvalue weighted by atomic mass is 16.4. The fourth-order valence-electron chi connectivity index (χ4n) is 0.841. The fourth-order valence-corrected chi connectivity index (χ4v) is 0.841. The third-order valence-electron chi connectivity index (χ3n) is 1.41. The van der Waals surface area contributed by atoms with Gasteiger partial charge in [0.05, 0.1) is 0 Å². The first-order chi connectivity index (χ1) is 7.20. The molecule has 0 atom stereocenters. The highest BCUT2D eigenvalue weighted by Gasteiger charge is 1.84. The Bertz CT molecular complexity index is 334. The predicted octanol–water partition coefficient (Wildman–Crippen LogP) is 2.39. The number of aliphatic carboxylic acids is 1. The summed E-state index contributed by atoms with van der Waals surface area (Å²) in [6, 6.07) is 0. The molecule has 0 aliphatic carbocycles. The van der Waals surface area contributed by atoms with E-state index in [4.69, 9.17) is 5.11 Å². The van der Waals surface area contributed by atoms with Crippen LogP contribution in [0.25, 0.3) is 0 Å². The number of carboxylic acids is 1. The number of carbonyl (C=O) groups is 1. The van der Waals surface area contributed by atoms with Crippen molar-refractivity contribution in [3.63, 3.8) is 0 Å². The Balaban J connectivity index is 4.58. The lowest BCUT2D eigenvalue weighted by molar-refractivity contribution is -0.131. The maximum absolute atomic E-state index is 10.2. The van der Waals surface area contributed by atoms with Gasteiger partial charge in [0.25, 0.3) is 0 Å². The lowest BCUT2D eigenvalue weighted by Gasteiger charge is -1.89. The predicted molar refractivity (Wildman–Crippen MR) is 63.2 cm³/mol. The Labute approximate surface area is 89.8 Å². The summed E-state index contributed by atoms with van der Waals surface area (Å²) >= 11 is 0. The molecule has 0 rings (SSSR count). The Morgan fingerprint density at radius 3 is 2.47 bits per heavy atom. The van der Waals surface area contributed by atoms with E-state index < -0.39 is 5.97 Å². The van der Waals surface area contributed by atoms with Gasteiger partial charge in [0.15, 0.2) is 0 Å². The molecule has 1 N–H and O–H groups in total. The summed E-state index contributed by atoms with van der Waals surface area (Å²) in [7, 11) is 1.69. The van der Waals surface area contributed by atoms with Crippen LogP contribution in [0, 0.1) is 0 Å². The maximum atomic E-state index is 10.2. The van der Waals surface area contributed by atoms with E-state index in [-0.39, 0.29) is 0 Å². The van der Waals surface area contributed by atoms with Gasteiger partial charge in [0, 0.05) is 19.3 Å². The van der Waals surface area contributed by atoms with Gasteiger partial charge in [-0.05, 0) is 18.6 Å². The van der Waals surface area contributed by atoms with Crippen molar-refractivity contribution < 1.29 is 9.90 Å². The minimum atomic E-state index is -0.954. The van der Waals surface area contributed by atoms with Gasteiger partial charge in [-0.1, -0.05) is 30.4 Å². The van der Waals surface area contributed by atoms with Gasteiger partial charge in [-0.25, -0.2) is 4.79 Å². The van der Waals surface area contributed by atoms with Crippen LogP contribution in [-0.2, 0) is 4.79 Å². The Kier molecular flexibility index (Phi) is 7.59. The molecule has 3 nitrogen and oxygen atoms in total. The topological polar surface area (TPSA) is 49.7 Å². The third kappa shape index (κ3) is 8.43. The van der Waals surface area contributed by atoms with Crippen molar-refractivity contribution in [3.8, 4) is 0 Å². The fraction of sp³-hybridized carbons (Fsp3) is 0.167. The summed E-state index contributed by atoms with van der Waals surface area (Å²) in [6.07, 6.45) is 13.4. The zero-order chi connectivity index (χ0) is 11.5. The molecule has 0 fully saturated rings. The molecule has 0 aliphatic heterocycles. The third-order valence-corrected chi connectivity index (χ3v) is 1.41. The second-order valence-electron chi connectivity index (χ2n) is 2.63. The molecule has 0 bridgehead atoms. The van der Waals surface area contributed by atoms with Crippen LogP contribution in [-0.4, -0.2) is 24.3 Å². The molecule has 0 heterocycles. The van der Waals surface area contributed by atoms with Crippen molar-refractivity contribution in [2.75, 3.05) is 7.05 Å². The van der Waals surface area contributed by atoms with E-state index in [1.54, 1.807) is 25.4 Å². The summed E-state index contributed by atoms with van der Waals surface area (Å²) < 4.78 is 0. The number of hydrogen-bond donors (Lipinski definition) is 1. The van der Waals surface area contributed by atoms with Gasteiger partial charge in [0.2, 0.25) is 0 Å². The molecule has 0 unspecified atom stereocenters. The quantitative estimate of drug-likeness (QED) is 0.425. The highest BCUT2D eigenvalue weighted by Crippen LogP contribution is 1.99. The van der Waals surface area contributed by atoms with E-state index in [1.165, 1.54) is 6.08 Å². The van der Waals surface area contributed by atoms with Crippen molar-refractivity contribution in [1.82, 2.24) is 0 Å². The van der Waals surface area contributed by atoms with Crippen molar-refractivity contribution in [3.05, 3.63) is 48.1 Å². The molecule has 0 aromatic carbocycles. The van der Waals surface area contributed by atoms with Crippen LogP contribution in [0.2, 0.25) is 0 Å². The lowest BCUT2D eigenvalue weighted by Crippen LogP contribution is -1.84.